The highest BCUT2D eigenvalue weighted by molar-refractivity contribution is 8.00. The highest BCUT2D eigenvalue weighted by atomic mass is 32.2. The van der Waals surface area contributed by atoms with Crippen LogP contribution in [0, 0.1) is 0 Å². The third-order valence-corrected chi connectivity index (χ3v) is 5.81. The highest BCUT2D eigenvalue weighted by Gasteiger charge is 2.18. The van der Waals surface area contributed by atoms with Gasteiger partial charge in [0.25, 0.3) is 0 Å². The van der Waals surface area contributed by atoms with Gasteiger partial charge in [0.15, 0.2) is 11.2 Å². The molecular weight excluding hydrogens is 376 g/mol. The number of nitrogens with zero attached hydrogens (tertiary/aromatic N) is 5. The van der Waals surface area contributed by atoms with Gasteiger partial charge in [0.2, 0.25) is 5.91 Å². The van der Waals surface area contributed by atoms with Gasteiger partial charge in [-0.2, -0.15) is 4.68 Å². The summed E-state index contributed by atoms with van der Waals surface area (Å²) in [6.45, 7) is 0. The topological polar surface area (TPSA) is 94.8 Å². The minimum Gasteiger partial charge on any atom is -0.497 e. The maximum atomic E-state index is 12.3. The first kappa shape index (κ1) is 18.7. The molecule has 1 fully saturated rings. The van der Waals surface area contributed by atoms with Gasteiger partial charge in [-0.15, -0.1) is 5.10 Å². The first-order chi connectivity index (χ1) is 13.7. The van der Waals surface area contributed by atoms with Crippen molar-refractivity contribution < 1.29 is 9.53 Å². The Morgan fingerprint density at radius 2 is 2.00 bits per heavy atom. The molecule has 4 rings (SSSR count). The van der Waals surface area contributed by atoms with Crippen LogP contribution in [0.1, 0.15) is 32.1 Å². The fourth-order valence-corrected chi connectivity index (χ4v) is 4.12. The molecular formula is C19H22N6O2S. The van der Waals surface area contributed by atoms with Crippen LogP contribution < -0.4 is 10.1 Å². The van der Waals surface area contributed by atoms with E-state index in [4.69, 9.17) is 4.74 Å². The highest BCUT2D eigenvalue weighted by Crippen LogP contribution is 2.25. The van der Waals surface area contributed by atoms with Crippen molar-refractivity contribution in [3.8, 4) is 11.4 Å². The van der Waals surface area contributed by atoms with Crippen LogP contribution in [0.25, 0.3) is 16.9 Å². The van der Waals surface area contributed by atoms with Crippen LogP contribution in [0.5, 0.6) is 5.75 Å². The Morgan fingerprint density at radius 3 is 2.75 bits per heavy atom. The molecule has 0 bridgehead atoms. The van der Waals surface area contributed by atoms with Crippen molar-refractivity contribution in [2.45, 2.75) is 43.2 Å². The second-order valence-corrected chi connectivity index (χ2v) is 7.71. The van der Waals surface area contributed by atoms with Crippen LogP contribution in [0.4, 0.5) is 0 Å². The van der Waals surface area contributed by atoms with E-state index in [1.807, 2.05) is 24.3 Å². The van der Waals surface area contributed by atoms with Gasteiger partial charge >= 0.3 is 0 Å². The Balaban J connectivity index is 1.47. The first-order valence-corrected chi connectivity index (χ1v) is 10.4. The zero-order chi connectivity index (χ0) is 19.3. The molecule has 0 spiro atoms. The van der Waals surface area contributed by atoms with E-state index in [1.165, 1.54) is 37.4 Å². The lowest BCUT2D eigenvalue weighted by Crippen LogP contribution is -2.37. The Hall–Kier alpha value is -2.68. The van der Waals surface area contributed by atoms with Crippen LogP contribution in [0.2, 0.25) is 0 Å². The molecule has 2 aromatic heterocycles. The monoisotopic (exact) mass is 398 g/mol. The molecule has 1 saturated carbocycles. The van der Waals surface area contributed by atoms with Crippen molar-refractivity contribution in [3.63, 3.8) is 0 Å². The van der Waals surface area contributed by atoms with Gasteiger partial charge in [-0.3, -0.25) is 4.79 Å². The van der Waals surface area contributed by atoms with Gasteiger partial charge in [0.05, 0.1) is 18.6 Å². The maximum absolute atomic E-state index is 12.3. The standard InChI is InChI=1S/C19H22N6O2S/c1-27-15-9-7-14(8-10-15)25-18-17(23-24-25)19(21-12-20-18)28-11-16(26)22-13-5-3-2-4-6-13/h7-10,12-13H,2-6,11H2,1H3,(H,22,26). The molecule has 0 saturated heterocycles. The minimum atomic E-state index is 0.0335. The van der Waals surface area contributed by atoms with Gasteiger partial charge in [-0.05, 0) is 37.1 Å². The summed E-state index contributed by atoms with van der Waals surface area (Å²) < 4.78 is 6.85. The fourth-order valence-electron chi connectivity index (χ4n) is 3.38. The summed E-state index contributed by atoms with van der Waals surface area (Å²) in [7, 11) is 1.63. The lowest BCUT2D eigenvalue weighted by atomic mass is 9.95. The number of aromatic nitrogens is 5. The van der Waals surface area contributed by atoms with Crippen molar-refractivity contribution >= 4 is 28.8 Å². The average Bonchev–Trinajstić information content (AvgIpc) is 3.18. The predicted octanol–water partition coefficient (Wildman–Crippen LogP) is 2.76. The molecule has 9 heteroatoms. The van der Waals surface area contributed by atoms with E-state index in [-0.39, 0.29) is 5.91 Å². The van der Waals surface area contributed by atoms with E-state index < -0.39 is 0 Å². The van der Waals surface area contributed by atoms with Crippen molar-refractivity contribution in [2.75, 3.05) is 12.9 Å². The fraction of sp³-hybridized carbons (Fsp3) is 0.421. The van der Waals surface area contributed by atoms with E-state index in [0.717, 1.165) is 24.3 Å². The van der Waals surface area contributed by atoms with Crippen LogP contribution >= 0.6 is 11.8 Å². The largest absolute Gasteiger partial charge is 0.497 e. The molecule has 1 aliphatic carbocycles. The normalized spacial score (nSPS) is 14.9. The smallest absolute Gasteiger partial charge is 0.230 e. The Kier molecular flexibility index (Phi) is 5.70. The number of carbonyl (C=O) groups excluding carboxylic acids is 1. The van der Waals surface area contributed by atoms with Crippen LogP contribution in [-0.4, -0.2) is 49.8 Å². The summed E-state index contributed by atoms with van der Waals surface area (Å²) >= 11 is 1.36. The maximum Gasteiger partial charge on any atom is 0.230 e. The zero-order valence-corrected chi connectivity index (χ0v) is 16.5. The van der Waals surface area contributed by atoms with E-state index in [0.29, 0.717) is 28.0 Å². The summed E-state index contributed by atoms with van der Waals surface area (Å²) in [4.78, 5) is 20.9. The molecule has 1 aliphatic rings. The van der Waals surface area contributed by atoms with E-state index in [1.54, 1.807) is 11.8 Å². The summed E-state index contributed by atoms with van der Waals surface area (Å²) in [5.41, 5.74) is 2.03. The van der Waals surface area contributed by atoms with Gasteiger partial charge < -0.3 is 10.1 Å². The van der Waals surface area contributed by atoms with Crippen LogP contribution in [0.15, 0.2) is 35.6 Å². The molecule has 0 radical (unpaired) electrons. The van der Waals surface area contributed by atoms with E-state index in [9.17, 15) is 4.79 Å². The van der Waals surface area contributed by atoms with E-state index in [2.05, 4.69) is 25.6 Å². The number of nitrogens with one attached hydrogen (secondary N) is 1. The minimum absolute atomic E-state index is 0.0335. The number of thioether (sulfide) groups is 1. The number of hydrogen-bond donors (Lipinski definition) is 1. The number of hydrogen-bond acceptors (Lipinski definition) is 7. The molecule has 28 heavy (non-hydrogen) atoms. The zero-order valence-electron chi connectivity index (χ0n) is 15.7. The Morgan fingerprint density at radius 1 is 1.21 bits per heavy atom. The quantitative estimate of drug-likeness (QED) is 0.504. The van der Waals surface area contributed by atoms with Crippen LogP contribution in [0.3, 0.4) is 0 Å². The lowest BCUT2D eigenvalue weighted by molar-refractivity contribution is -0.119. The number of rotatable bonds is 6. The Bertz CT molecular complexity index is 953. The molecule has 2 heterocycles. The first-order valence-electron chi connectivity index (χ1n) is 9.37. The molecule has 1 amide bonds. The number of benzene rings is 1. The second kappa shape index (κ2) is 8.55. The summed E-state index contributed by atoms with van der Waals surface area (Å²) in [5.74, 6) is 1.10. The van der Waals surface area contributed by atoms with Crippen molar-refractivity contribution in [1.82, 2.24) is 30.3 Å². The molecule has 8 nitrogen and oxygen atoms in total. The number of fused-ring (bicyclic) bond motifs is 1. The summed E-state index contributed by atoms with van der Waals surface area (Å²) in [5, 5.41) is 12.2. The van der Waals surface area contributed by atoms with Gasteiger partial charge in [0.1, 0.15) is 17.1 Å². The van der Waals surface area contributed by atoms with Crippen molar-refractivity contribution in [3.05, 3.63) is 30.6 Å². The van der Waals surface area contributed by atoms with Gasteiger partial charge in [0, 0.05) is 6.04 Å². The van der Waals surface area contributed by atoms with Crippen LogP contribution in [-0.2, 0) is 4.79 Å². The third kappa shape index (κ3) is 4.09. The molecule has 1 N–H and O–H groups in total. The molecule has 0 unspecified atom stereocenters. The Labute approximate surface area is 167 Å². The summed E-state index contributed by atoms with van der Waals surface area (Å²) in [6.07, 6.45) is 7.28. The SMILES string of the molecule is COc1ccc(-n2nnc3c(SCC(=O)NC4CCCCC4)ncnc32)cc1. The van der Waals surface area contributed by atoms with Gasteiger partial charge in [-0.1, -0.05) is 36.2 Å². The predicted molar refractivity (Wildman–Crippen MR) is 107 cm³/mol. The molecule has 146 valence electrons. The van der Waals surface area contributed by atoms with Crippen molar-refractivity contribution in [2.24, 2.45) is 0 Å². The number of carbonyl (C=O) groups is 1. The van der Waals surface area contributed by atoms with Gasteiger partial charge in [-0.25, -0.2) is 9.97 Å². The number of amides is 1. The molecule has 0 atom stereocenters. The van der Waals surface area contributed by atoms with Crippen molar-refractivity contribution in [1.29, 1.82) is 0 Å². The lowest BCUT2D eigenvalue weighted by Gasteiger charge is -2.22. The number of methoxy groups -OCH3 is 1. The van der Waals surface area contributed by atoms with E-state index >= 15 is 0 Å². The number of ether oxygens (including phenoxy) is 1. The molecule has 1 aromatic carbocycles. The average molecular weight is 398 g/mol. The molecule has 3 aromatic rings. The molecule has 0 aliphatic heterocycles. The third-order valence-electron chi connectivity index (χ3n) is 4.83. The summed E-state index contributed by atoms with van der Waals surface area (Å²) in [6, 6.07) is 7.80. The second-order valence-electron chi connectivity index (χ2n) is 6.74.